The molecule has 0 atom stereocenters. The van der Waals surface area contributed by atoms with Crippen LogP contribution in [0.5, 0.6) is 0 Å². The molecule has 2 rings (SSSR count). The number of nitrogens with zero attached hydrogens (tertiary/aromatic N) is 1. The maximum absolute atomic E-state index is 13.1. The first-order chi connectivity index (χ1) is 9.51. The predicted molar refractivity (Wildman–Crippen MR) is 70.8 cm³/mol. The quantitative estimate of drug-likeness (QED) is 0.922. The molecule has 1 aromatic heterocycles. The Morgan fingerprint density at radius 1 is 1.35 bits per heavy atom. The number of aliphatic hydroxyl groups excluding tert-OH is 1. The van der Waals surface area contributed by atoms with Crippen LogP contribution in [0.4, 0.5) is 13.2 Å². The summed E-state index contributed by atoms with van der Waals surface area (Å²) in [7, 11) is 0. The summed E-state index contributed by atoms with van der Waals surface area (Å²) in [6, 6.07) is 5.57. The fourth-order valence-corrected chi connectivity index (χ4v) is 2.85. The highest BCUT2D eigenvalue weighted by Gasteiger charge is 2.21. The molecule has 0 spiro atoms. The average molecular weight is 303 g/mol. The molecule has 0 saturated carbocycles. The Kier molecular flexibility index (Phi) is 4.61. The molecule has 0 radical (unpaired) electrons. The van der Waals surface area contributed by atoms with Crippen molar-refractivity contribution < 1.29 is 23.1 Å². The van der Waals surface area contributed by atoms with E-state index in [0.29, 0.717) is 10.1 Å². The molecule has 0 aliphatic rings. The molecular formula is C13H12F3NO2S. The van der Waals surface area contributed by atoms with Gasteiger partial charge in [-0.25, -0.2) is 13.2 Å². The summed E-state index contributed by atoms with van der Waals surface area (Å²) in [6.45, 7) is -1.29. The Balaban J connectivity index is 2.28. The zero-order chi connectivity index (χ0) is 14.7. The number of alkyl halides is 2. The van der Waals surface area contributed by atoms with Crippen LogP contribution in [-0.2, 0) is 0 Å². The second kappa shape index (κ2) is 6.23. The number of benzene rings is 1. The topological polar surface area (TPSA) is 40.5 Å². The molecule has 1 heterocycles. The molecule has 1 N–H and O–H groups in total. The Labute approximate surface area is 117 Å². The van der Waals surface area contributed by atoms with Gasteiger partial charge in [-0.05, 0) is 29.7 Å². The van der Waals surface area contributed by atoms with Crippen LogP contribution >= 0.6 is 11.3 Å². The minimum Gasteiger partial charge on any atom is -0.395 e. The van der Waals surface area contributed by atoms with Crippen LogP contribution in [0, 0.1) is 5.82 Å². The van der Waals surface area contributed by atoms with Gasteiger partial charge in [-0.1, -0.05) is 0 Å². The van der Waals surface area contributed by atoms with E-state index in [2.05, 4.69) is 0 Å². The van der Waals surface area contributed by atoms with Crippen LogP contribution in [0.25, 0.3) is 10.1 Å². The molecule has 0 aliphatic heterocycles. The Bertz CT molecular complexity index is 615. The van der Waals surface area contributed by atoms with E-state index >= 15 is 0 Å². The van der Waals surface area contributed by atoms with Crippen LogP contribution in [0.2, 0.25) is 0 Å². The number of carbonyl (C=O) groups is 1. The third-order valence-corrected chi connectivity index (χ3v) is 3.81. The summed E-state index contributed by atoms with van der Waals surface area (Å²) in [5.74, 6) is -1.00. The molecule has 0 bridgehead atoms. The predicted octanol–water partition coefficient (Wildman–Crippen LogP) is 2.74. The van der Waals surface area contributed by atoms with Crippen molar-refractivity contribution in [3.63, 3.8) is 0 Å². The van der Waals surface area contributed by atoms with Crippen molar-refractivity contribution in [2.45, 2.75) is 6.43 Å². The summed E-state index contributed by atoms with van der Waals surface area (Å²) >= 11 is 1.11. The summed E-state index contributed by atoms with van der Waals surface area (Å²) in [5.41, 5.74) is 0. The SMILES string of the molecule is O=C(c1cc2cc(F)ccc2s1)N(CCO)CC(F)F. The molecule has 2 aromatic rings. The van der Waals surface area contributed by atoms with E-state index in [0.717, 1.165) is 16.2 Å². The number of hydrogen-bond donors (Lipinski definition) is 1. The van der Waals surface area contributed by atoms with Crippen molar-refractivity contribution in [2.24, 2.45) is 0 Å². The van der Waals surface area contributed by atoms with Crippen LogP contribution in [-0.4, -0.2) is 42.0 Å². The van der Waals surface area contributed by atoms with Crippen molar-refractivity contribution in [1.29, 1.82) is 0 Å². The highest BCUT2D eigenvalue weighted by molar-refractivity contribution is 7.20. The highest BCUT2D eigenvalue weighted by atomic mass is 32.1. The monoisotopic (exact) mass is 303 g/mol. The van der Waals surface area contributed by atoms with E-state index in [1.165, 1.54) is 24.3 Å². The van der Waals surface area contributed by atoms with Gasteiger partial charge in [0.05, 0.1) is 18.0 Å². The molecule has 7 heteroatoms. The second-order valence-corrected chi connectivity index (χ2v) is 5.24. The summed E-state index contributed by atoms with van der Waals surface area (Å²) in [5, 5.41) is 9.39. The third-order valence-electron chi connectivity index (χ3n) is 2.70. The number of aliphatic hydroxyl groups is 1. The molecule has 3 nitrogen and oxygen atoms in total. The van der Waals surface area contributed by atoms with Crippen LogP contribution < -0.4 is 0 Å². The number of fused-ring (bicyclic) bond motifs is 1. The lowest BCUT2D eigenvalue weighted by molar-refractivity contribution is 0.0513. The van der Waals surface area contributed by atoms with E-state index in [4.69, 9.17) is 5.11 Å². The highest BCUT2D eigenvalue weighted by Crippen LogP contribution is 2.27. The Morgan fingerprint density at radius 2 is 2.10 bits per heavy atom. The molecule has 1 amide bonds. The lowest BCUT2D eigenvalue weighted by Gasteiger charge is -2.20. The van der Waals surface area contributed by atoms with Gasteiger partial charge in [0, 0.05) is 11.2 Å². The zero-order valence-electron chi connectivity index (χ0n) is 10.4. The van der Waals surface area contributed by atoms with E-state index in [1.807, 2.05) is 0 Å². The number of carbonyl (C=O) groups excluding carboxylic acids is 1. The van der Waals surface area contributed by atoms with Crippen molar-refractivity contribution in [2.75, 3.05) is 19.7 Å². The minimum absolute atomic E-state index is 0.161. The molecule has 1 aromatic carbocycles. The van der Waals surface area contributed by atoms with Gasteiger partial charge in [-0.3, -0.25) is 4.79 Å². The van der Waals surface area contributed by atoms with Crippen molar-refractivity contribution in [1.82, 2.24) is 4.90 Å². The fraction of sp³-hybridized carbons (Fsp3) is 0.308. The molecule has 0 unspecified atom stereocenters. The second-order valence-electron chi connectivity index (χ2n) is 4.16. The lowest BCUT2D eigenvalue weighted by Crippen LogP contribution is -2.36. The van der Waals surface area contributed by atoms with Crippen molar-refractivity contribution in [3.05, 3.63) is 35.0 Å². The van der Waals surface area contributed by atoms with Gasteiger partial charge in [0.2, 0.25) is 0 Å². The van der Waals surface area contributed by atoms with Gasteiger partial charge >= 0.3 is 0 Å². The van der Waals surface area contributed by atoms with Gasteiger partial charge in [0.25, 0.3) is 12.3 Å². The first-order valence-corrected chi connectivity index (χ1v) is 6.70. The molecule has 108 valence electrons. The van der Waals surface area contributed by atoms with Gasteiger partial charge in [-0.2, -0.15) is 0 Å². The van der Waals surface area contributed by atoms with Crippen LogP contribution in [0.15, 0.2) is 24.3 Å². The molecule has 20 heavy (non-hydrogen) atoms. The number of halogens is 3. The summed E-state index contributed by atoms with van der Waals surface area (Å²) in [4.78, 5) is 13.3. The maximum Gasteiger partial charge on any atom is 0.264 e. The van der Waals surface area contributed by atoms with E-state index in [9.17, 15) is 18.0 Å². The van der Waals surface area contributed by atoms with Gasteiger partial charge < -0.3 is 10.0 Å². The number of hydrogen-bond acceptors (Lipinski definition) is 3. The normalized spacial score (nSPS) is 11.2. The molecule has 0 aliphatic carbocycles. The molecule has 0 fully saturated rings. The molecule has 0 saturated heterocycles. The number of rotatable bonds is 5. The number of amides is 1. The Hall–Kier alpha value is -1.60. The van der Waals surface area contributed by atoms with Gasteiger partial charge in [0.15, 0.2) is 0 Å². The average Bonchev–Trinajstić information content (AvgIpc) is 2.79. The van der Waals surface area contributed by atoms with Crippen LogP contribution in [0.3, 0.4) is 0 Å². The summed E-state index contributed by atoms with van der Waals surface area (Å²) < 4.78 is 38.6. The summed E-state index contributed by atoms with van der Waals surface area (Å²) in [6.07, 6.45) is -2.67. The minimum atomic E-state index is -2.67. The van der Waals surface area contributed by atoms with Gasteiger partial charge in [0.1, 0.15) is 5.82 Å². The first-order valence-electron chi connectivity index (χ1n) is 5.88. The largest absolute Gasteiger partial charge is 0.395 e. The maximum atomic E-state index is 13.1. The van der Waals surface area contributed by atoms with E-state index < -0.39 is 31.3 Å². The standard InChI is InChI=1S/C13H12F3NO2S/c14-9-1-2-10-8(5-9)6-11(20-10)13(19)17(3-4-18)7-12(15)16/h1-2,5-6,12,18H,3-4,7H2. The third kappa shape index (κ3) is 3.29. The smallest absolute Gasteiger partial charge is 0.264 e. The van der Waals surface area contributed by atoms with Crippen molar-refractivity contribution >= 4 is 27.3 Å². The molecular weight excluding hydrogens is 291 g/mol. The van der Waals surface area contributed by atoms with E-state index in [1.54, 1.807) is 0 Å². The van der Waals surface area contributed by atoms with E-state index in [-0.39, 0.29) is 11.4 Å². The lowest BCUT2D eigenvalue weighted by atomic mass is 10.2. The van der Waals surface area contributed by atoms with Gasteiger partial charge in [-0.15, -0.1) is 11.3 Å². The number of thiophene rings is 1. The first kappa shape index (κ1) is 14.8. The Morgan fingerprint density at radius 3 is 2.75 bits per heavy atom. The van der Waals surface area contributed by atoms with Crippen LogP contribution in [0.1, 0.15) is 9.67 Å². The van der Waals surface area contributed by atoms with Crippen molar-refractivity contribution in [3.8, 4) is 0 Å². The zero-order valence-corrected chi connectivity index (χ0v) is 11.2. The fourth-order valence-electron chi connectivity index (χ4n) is 1.84.